The quantitative estimate of drug-likeness (QED) is 0.802. The van der Waals surface area contributed by atoms with Gasteiger partial charge in [-0.3, -0.25) is 0 Å². The highest BCUT2D eigenvalue weighted by Crippen LogP contribution is 2.23. The fraction of sp³-hybridized carbons (Fsp3) is 0.615. The maximum absolute atomic E-state index is 13.6. The Kier molecular flexibility index (Phi) is 5.47. The first-order valence-corrected chi connectivity index (χ1v) is 6.16. The lowest BCUT2D eigenvalue weighted by atomic mass is 9.90. The van der Waals surface area contributed by atoms with E-state index in [0.29, 0.717) is 13.2 Å². The number of hydrogen-bond donors (Lipinski definition) is 2. The average Bonchev–Trinajstić information content (AvgIpc) is 2.35. The normalized spacial score (nSPS) is 11.5. The van der Waals surface area contributed by atoms with Crippen LogP contribution in [-0.2, 0) is 4.74 Å². The summed E-state index contributed by atoms with van der Waals surface area (Å²) in [5.74, 6) is -1.32. The molecule has 4 nitrogen and oxygen atoms in total. The van der Waals surface area contributed by atoms with Gasteiger partial charge in [-0.05, 0) is 11.8 Å². The molecular formula is C13H21F2N3O. The summed E-state index contributed by atoms with van der Waals surface area (Å²) in [5, 5.41) is 5.50. The van der Waals surface area contributed by atoms with Gasteiger partial charge in [-0.2, -0.15) is 0 Å². The molecule has 1 aromatic heterocycles. The van der Waals surface area contributed by atoms with E-state index in [9.17, 15) is 8.78 Å². The molecule has 0 aliphatic rings. The summed E-state index contributed by atoms with van der Waals surface area (Å²) in [7, 11) is 3.18. The SMILES string of the molecule is CNc1nc(NCC(C)(C)CCOC)c(F)cc1F. The molecule has 0 aliphatic heterocycles. The first-order valence-electron chi connectivity index (χ1n) is 6.16. The predicted molar refractivity (Wildman–Crippen MR) is 72.5 cm³/mol. The minimum absolute atomic E-state index is 0.0265. The van der Waals surface area contributed by atoms with Crippen LogP contribution in [0.1, 0.15) is 20.3 Å². The molecule has 19 heavy (non-hydrogen) atoms. The third-order valence-electron chi connectivity index (χ3n) is 2.88. The minimum atomic E-state index is -0.704. The molecule has 6 heteroatoms. The molecule has 0 saturated carbocycles. The Labute approximate surface area is 112 Å². The molecule has 1 rings (SSSR count). The van der Waals surface area contributed by atoms with Crippen molar-refractivity contribution in [2.24, 2.45) is 5.41 Å². The fourth-order valence-electron chi connectivity index (χ4n) is 1.56. The van der Waals surface area contributed by atoms with Gasteiger partial charge in [0.1, 0.15) is 0 Å². The molecule has 0 fully saturated rings. The second-order valence-electron chi connectivity index (χ2n) is 5.16. The second-order valence-corrected chi connectivity index (χ2v) is 5.16. The van der Waals surface area contributed by atoms with Crippen molar-refractivity contribution >= 4 is 11.6 Å². The van der Waals surface area contributed by atoms with Crippen LogP contribution in [0.4, 0.5) is 20.4 Å². The number of halogens is 2. The fourth-order valence-corrected chi connectivity index (χ4v) is 1.56. The molecule has 0 saturated heterocycles. The minimum Gasteiger partial charge on any atom is -0.385 e. The van der Waals surface area contributed by atoms with E-state index in [0.717, 1.165) is 12.5 Å². The van der Waals surface area contributed by atoms with Crippen LogP contribution in [0.25, 0.3) is 0 Å². The molecule has 108 valence electrons. The van der Waals surface area contributed by atoms with Crippen molar-refractivity contribution in [2.45, 2.75) is 20.3 Å². The predicted octanol–water partition coefficient (Wildman–Crippen LogP) is 2.88. The lowest BCUT2D eigenvalue weighted by molar-refractivity contribution is 0.157. The van der Waals surface area contributed by atoms with Gasteiger partial charge in [0.25, 0.3) is 0 Å². The molecular weight excluding hydrogens is 252 g/mol. The van der Waals surface area contributed by atoms with E-state index in [4.69, 9.17) is 4.74 Å². The summed E-state index contributed by atoms with van der Waals surface area (Å²) in [6, 6.07) is 0.823. The Hall–Kier alpha value is -1.43. The number of anilines is 2. The summed E-state index contributed by atoms with van der Waals surface area (Å²) in [4.78, 5) is 3.87. The van der Waals surface area contributed by atoms with E-state index in [2.05, 4.69) is 15.6 Å². The van der Waals surface area contributed by atoms with Crippen LogP contribution in [0.5, 0.6) is 0 Å². The summed E-state index contributed by atoms with van der Waals surface area (Å²) in [6.45, 7) is 5.24. The average molecular weight is 273 g/mol. The number of pyridine rings is 1. The Bertz CT molecular complexity index is 425. The summed E-state index contributed by atoms with van der Waals surface area (Å²) < 4.78 is 31.9. The third-order valence-corrected chi connectivity index (χ3v) is 2.88. The standard InChI is InChI=1S/C13H21F2N3O/c1-13(2,5-6-19-4)8-17-12-10(15)7-9(14)11(16-3)18-12/h7H,5-6,8H2,1-4H3,(H2,16,17,18). The first kappa shape index (κ1) is 15.6. The zero-order valence-corrected chi connectivity index (χ0v) is 11.8. The van der Waals surface area contributed by atoms with E-state index in [-0.39, 0.29) is 17.1 Å². The largest absolute Gasteiger partial charge is 0.385 e. The Morgan fingerprint density at radius 3 is 2.47 bits per heavy atom. The summed E-state index contributed by atoms with van der Waals surface area (Å²) in [5.41, 5.74) is -0.0711. The molecule has 0 bridgehead atoms. The molecule has 0 radical (unpaired) electrons. The van der Waals surface area contributed by atoms with Crippen molar-refractivity contribution in [1.82, 2.24) is 4.98 Å². The van der Waals surface area contributed by atoms with Crippen LogP contribution >= 0.6 is 0 Å². The van der Waals surface area contributed by atoms with Crippen molar-refractivity contribution < 1.29 is 13.5 Å². The topological polar surface area (TPSA) is 46.2 Å². The third kappa shape index (κ3) is 4.63. The molecule has 0 unspecified atom stereocenters. The molecule has 0 aromatic carbocycles. The number of nitrogens with zero attached hydrogens (tertiary/aromatic N) is 1. The number of rotatable bonds is 7. The number of hydrogen-bond acceptors (Lipinski definition) is 4. The zero-order chi connectivity index (χ0) is 14.5. The van der Waals surface area contributed by atoms with Gasteiger partial charge >= 0.3 is 0 Å². The smallest absolute Gasteiger partial charge is 0.168 e. The van der Waals surface area contributed by atoms with Crippen LogP contribution in [0.15, 0.2) is 6.07 Å². The van der Waals surface area contributed by atoms with Gasteiger partial charge in [0.15, 0.2) is 23.3 Å². The van der Waals surface area contributed by atoms with Crippen molar-refractivity contribution in [3.8, 4) is 0 Å². The molecule has 2 N–H and O–H groups in total. The van der Waals surface area contributed by atoms with Crippen LogP contribution in [0.3, 0.4) is 0 Å². The van der Waals surface area contributed by atoms with E-state index >= 15 is 0 Å². The molecule has 0 atom stereocenters. The Balaban J connectivity index is 2.72. The van der Waals surface area contributed by atoms with Crippen LogP contribution in [0, 0.1) is 17.0 Å². The van der Waals surface area contributed by atoms with Crippen molar-refractivity contribution in [1.29, 1.82) is 0 Å². The second kappa shape index (κ2) is 6.65. The Morgan fingerprint density at radius 2 is 1.89 bits per heavy atom. The van der Waals surface area contributed by atoms with E-state index in [1.807, 2.05) is 13.8 Å². The van der Waals surface area contributed by atoms with Gasteiger partial charge in [0, 0.05) is 33.4 Å². The highest BCUT2D eigenvalue weighted by molar-refractivity contribution is 5.47. The number of ether oxygens (including phenoxy) is 1. The summed E-state index contributed by atoms with van der Waals surface area (Å²) >= 11 is 0. The number of methoxy groups -OCH3 is 1. The van der Waals surface area contributed by atoms with Crippen LogP contribution in [-0.4, -0.2) is 32.3 Å². The van der Waals surface area contributed by atoms with Crippen molar-refractivity contribution in [3.63, 3.8) is 0 Å². The zero-order valence-electron chi connectivity index (χ0n) is 11.8. The maximum Gasteiger partial charge on any atom is 0.168 e. The monoisotopic (exact) mass is 273 g/mol. The van der Waals surface area contributed by atoms with Gasteiger partial charge in [-0.1, -0.05) is 13.8 Å². The number of nitrogens with one attached hydrogen (secondary N) is 2. The van der Waals surface area contributed by atoms with Gasteiger partial charge in [-0.15, -0.1) is 0 Å². The highest BCUT2D eigenvalue weighted by Gasteiger charge is 2.19. The van der Waals surface area contributed by atoms with Gasteiger partial charge in [0.2, 0.25) is 0 Å². The lowest BCUT2D eigenvalue weighted by Gasteiger charge is -2.25. The van der Waals surface area contributed by atoms with Gasteiger partial charge in [-0.25, -0.2) is 13.8 Å². The summed E-state index contributed by atoms with van der Waals surface area (Å²) in [6.07, 6.45) is 0.832. The van der Waals surface area contributed by atoms with Crippen molar-refractivity contribution in [3.05, 3.63) is 17.7 Å². The van der Waals surface area contributed by atoms with E-state index in [1.165, 1.54) is 7.05 Å². The molecule has 0 aliphatic carbocycles. The molecule has 0 amide bonds. The van der Waals surface area contributed by atoms with Crippen molar-refractivity contribution in [2.75, 3.05) is 37.9 Å². The maximum atomic E-state index is 13.6. The molecule has 1 aromatic rings. The van der Waals surface area contributed by atoms with Crippen LogP contribution < -0.4 is 10.6 Å². The van der Waals surface area contributed by atoms with Crippen LogP contribution in [0.2, 0.25) is 0 Å². The lowest BCUT2D eigenvalue weighted by Crippen LogP contribution is -2.25. The number of aromatic nitrogens is 1. The highest BCUT2D eigenvalue weighted by atomic mass is 19.1. The Morgan fingerprint density at radius 1 is 1.26 bits per heavy atom. The molecule has 0 spiro atoms. The first-order chi connectivity index (χ1) is 8.89. The van der Waals surface area contributed by atoms with E-state index in [1.54, 1.807) is 7.11 Å². The molecule has 1 heterocycles. The van der Waals surface area contributed by atoms with E-state index < -0.39 is 11.6 Å². The van der Waals surface area contributed by atoms with Gasteiger partial charge < -0.3 is 15.4 Å². The van der Waals surface area contributed by atoms with Gasteiger partial charge in [0.05, 0.1) is 0 Å².